The summed E-state index contributed by atoms with van der Waals surface area (Å²) in [4.78, 5) is 19.4. The van der Waals surface area contributed by atoms with E-state index in [1.165, 1.54) is 11.8 Å². The zero-order valence-electron chi connectivity index (χ0n) is 8.53. The Hall–Kier alpha value is -2.16. The van der Waals surface area contributed by atoms with Gasteiger partial charge in [0.2, 0.25) is 17.5 Å². The summed E-state index contributed by atoms with van der Waals surface area (Å²) in [5.74, 6) is 0.0183. The van der Waals surface area contributed by atoms with E-state index in [0.717, 1.165) is 0 Å². The van der Waals surface area contributed by atoms with Crippen molar-refractivity contribution in [2.24, 2.45) is 0 Å². The molecule has 0 aromatic carbocycles. The van der Waals surface area contributed by atoms with Crippen LogP contribution in [0, 0.1) is 0 Å². The number of hydrogen-bond acceptors (Lipinski definition) is 8. The lowest BCUT2D eigenvalue weighted by Gasteiger charge is -2.00. The largest absolute Gasteiger partial charge is 0.378 e. The summed E-state index contributed by atoms with van der Waals surface area (Å²) in [5, 5.41) is 9.74. The molecule has 2 aromatic rings. The first-order valence-corrected chi connectivity index (χ1v) is 5.52. The second kappa shape index (κ2) is 5.25. The second-order valence-electron chi connectivity index (χ2n) is 2.87. The number of carbonyl (C=O) groups excluding carboxylic acids is 1. The average Bonchev–Trinajstić information content (AvgIpc) is 2.74. The number of amides is 1. The number of nitrogens with zero attached hydrogens (tertiary/aromatic N) is 4. The first-order chi connectivity index (χ1) is 8.25. The van der Waals surface area contributed by atoms with Crippen LogP contribution < -0.4 is 11.1 Å². The first-order valence-electron chi connectivity index (χ1n) is 4.53. The molecule has 9 heteroatoms. The van der Waals surface area contributed by atoms with E-state index in [9.17, 15) is 4.79 Å². The Morgan fingerprint density at radius 2 is 2.18 bits per heavy atom. The molecule has 0 atom stereocenters. The Labute approximate surface area is 100.0 Å². The zero-order chi connectivity index (χ0) is 12.1. The number of rotatable bonds is 4. The zero-order valence-corrected chi connectivity index (χ0v) is 9.35. The van der Waals surface area contributed by atoms with Crippen molar-refractivity contribution in [2.75, 3.05) is 16.8 Å². The number of aromatic nitrogens is 4. The molecule has 0 radical (unpaired) electrons. The number of nitrogens with two attached hydrogens (primary N) is 1. The van der Waals surface area contributed by atoms with Crippen LogP contribution in [0.25, 0.3) is 0 Å². The van der Waals surface area contributed by atoms with Crippen LogP contribution in [-0.4, -0.2) is 31.9 Å². The molecule has 0 aliphatic heterocycles. The van der Waals surface area contributed by atoms with Gasteiger partial charge >= 0.3 is 0 Å². The molecule has 0 aliphatic carbocycles. The summed E-state index contributed by atoms with van der Waals surface area (Å²) in [5.41, 5.74) is 5.38. The van der Waals surface area contributed by atoms with Crippen molar-refractivity contribution in [1.82, 2.24) is 20.3 Å². The van der Waals surface area contributed by atoms with Crippen molar-refractivity contribution in [2.45, 2.75) is 5.16 Å². The number of nitrogen functional groups attached to an aromatic ring is 1. The van der Waals surface area contributed by atoms with Gasteiger partial charge in [0.05, 0.1) is 5.75 Å². The highest BCUT2D eigenvalue weighted by atomic mass is 32.2. The topological polar surface area (TPSA) is 120 Å². The minimum atomic E-state index is -0.287. The molecule has 3 N–H and O–H groups in total. The predicted octanol–water partition coefficient (Wildman–Crippen LogP) is 0.173. The molecule has 0 bridgehead atoms. The van der Waals surface area contributed by atoms with Crippen molar-refractivity contribution < 1.29 is 9.42 Å². The molecule has 2 rings (SSSR count). The summed E-state index contributed by atoms with van der Waals surface area (Å²) in [7, 11) is 0. The summed E-state index contributed by atoms with van der Waals surface area (Å²) in [6.45, 7) is 0. The van der Waals surface area contributed by atoms with E-state index in [1.807, 2.05) is 0 Å². The maximum Gasteiger partial charge on any atom is 0.236 e. The molecule has 0 spiro atoms. The Kier molecular flexibility index (Phi) is 3.50. The normalized spacial score (nSPS) is 10.1. The molecule has 88 valence electrons. The van der Waals surface area contributed by atoms with Gasteiger partial charge in [-0.2, -0.15) is 0 Å². The van der Waals surface area contributed by atoms with E-state index in [1.54, 1.807) is 18.5 Å². The van der Waals surface area contributed by atoms with Crippen LogP contribution in [0.15, 0.2) is 28.2 Å². The van der Waals surface area contributed by atoms with Gasteiger partial charge in [0, 0.05) is 12.4 Å². The maximum absolute atomic E-state index is 11.5. The van der Waals surface area contributed by atoms with E-state index >= 15 is 0 Å². The molecular weight excluding hydrogens is 244 g/mol. The lowest BCUT2D eigenvalue weighted by atomic mass is 10.6. The van der Waals surface area contributed by atoms with Gasteiger partial charge in [0.1, 0.15) is 0 Å². The third-order valence-electron chi connectivity index (χ3n) is 1.65. The minimum Gasteiger partial charge on any atom is -0.378 e. The minimum absolute atomic E-state index is 0.0410. The maximum atomic E-state index is 11.5. The van der Waals surface area contributed by atoms with Gasteiger partial charge in [-0.25, -0.2) is 14.6 Å². The number of nitrogens with one attached hydrogen (secondary N) is 1. The van der Waals surface area contributed by atoms with Crippen LogP contribution in [0.4, 0.5) is 11.6 Å². The van der Waals surface area contributed by atoms with E-state index in [2.05, 4.69) is 30.2 Å². The Bertz CT molecular complexity index is 502. The van der Waals surface area contributed by atoms with Gasteiger partial charge in [0.25, 0.3) is 0 Å². The van der Waals surface area contributed by atoms with Crippen molar-refractivity contribution in [1.29, 1.82) is 0 Å². The van der Waals surface area contributed by atoms with Crippen LogP contribution in [-0.2, 0) is 4.79 Å². The summed E-state index contributed by atoms with van der Waals surface area (Å²) in [6, 6.07) is 1.70. The van der Waals surface area contributed by atoms with Crippen LogP contribution >= 0.6 is 11.8 Å². The van der Waals surface area contributed by atoms with E-state index in [0.29, 0.717) is 5.16 Å². The van der Waals surface area contributed by atoms with E-state index in [-0.39, 0.29) is 23.3 Å². The lowest BCUT2D eigenvalue weighted by Crippen LogP contribution is -2.15. The van der Waals surface area contributed by atoms with E-state index in [4.69, 9.17) is 5.73 Å². The molecule has 1 amide bonds. The molecule has 0 fully saturated rings. The molecular formula is C8H8N6O2S. The Balaban J connectivity index is 1.85. The molecule has 2 aromatic heterocycles. The number of carbonyl (C=O) groups is 1. The number of anilines is 2. The van der Waals surface area contributed by atoms with Gasteiger partial charge in [-0.15, -0.1) is 0 Å². The predicted molar refractivity (Wildman–Crippen MR) is 60.1 cm³/mol. The van der Waals surface area contributed by atoms with Crippen LogP contribution in [0.2, 0.25) is 0 Å². The summed E-state index contributed by atoms with van der Waals surface area (Å²) >= 11 is 1.20. The van der Waals surface area contributed by atoms with E-state index < -0.39 is 0 Å². The highest BCUT2D eigenvalue weighted by molar-refractivity contribution is 7.99. The van der Waals surface area contributed by atoms with Crippen molar-refractivity contribution in [3.8, 4) is 0 Å². The molecule has 0 aliphatic rings. The highest BCUT2D eigenvalue weighted by Crippen LogP contribution is 2.14. The SMILES string of the molecule is Nc1nonc1NC(=O)CSc1ncccn1. The Morgan fingerprint density at radius 3 is 2.82 bits per heavy atom. The molecule has 0 saturated carbocycles. The smallest absolute Gasteiger partial charge is 0.236 e. The fourth-order valence-corrected chi connectivity index (χ4v) is 1.54. The van der Waals surface area contributed by atoms with Gasteiger partial charge in [-0.05, 0) is 16.4 Å². The average molecular weight is 252 g/mol. The summed E-state index contributed by atoms with van der Waals surface area (Å²) in [6.07, 6.45) is 3.21. The Morgan fingerprint density at radius 1 is 1.41 bits per heavy atom. The van der Waals surface area contributed by atoms with Gasteiger partial charge in [0.15, 0.2) is 5.16 Å². The molecule has 8 nitrogen and oxygen atoms in total. The van der Waals surface area contributed by atoms with Crippen molar-refractivity contribution in [3.63, 3.8) is 0 Å². The summed E-state index contributed by atoms with van der Waals surface area (Å²) < 4.78 is 4.34. The van der Waals surface area contributed by atoms with Crippen LogP contribution in [0.5, 0.6) is 0 Å². The van der Waals surface area contributed by atoms with Gasteiger partial charge < -0.3 is 11.1 Å². The van der Waals surface area contributed by atoms with Crippen LogP contribution in [0.1, 0.15) is 0 Å². The molecule has 2 heterocycles. The third kappa shape index (κ3) is 3.14. The van der Waals surface area contributed by atoms with Gasteiger partial charge in [-0.1, -0.05) is 11.8 Å². The van der Waals surface area contributed by atoms with Crippen LogP contribution in [0.3, 0.4) is 0 Å². The third-order valence-corrected chi connectivity index (χ3v) is 2.52. The van der Waals surface area contributed by atoms with Crippen molar-refractivity contribution in [3.05, 3.63) is 18.5 Å². The standard InChI is InChI=1S/C8H8N6O2S/c9-6-7(14-16-13-6)12-5(15)4-17-8-10-2-1-3-11-8/h1-3H,4H2,(H2,9,13)(H,12,14,15). The highest BCUT2D eigenvalue weighted by Gasteiger charge is 2.10. The molecule has 17 heavy (non-hydrogen) atoms. The fraction of sp³-hybridized carbons (Fsp3) is 0.125. The molecule has 0 unspecified atom stereocenters. The number of hydrogen-bond donors (Lipinski definition) is 2. The first kappa shape index (κ1) is 11.3. The quantitative estimate of drug-likeness (QED) is 0.583. The fourth-order valence-electron chi connectivity index (χ4n) is 0.940. The lowest BCUT2D eigenvalue weighted by molar-refractivity contribution is -0.113. The second-order valence-corrected chi connectivity index (χ2v) is 3.81. The van der Waals surface area contributed by atoms with Gasteiger partial charge in [-0.3, -0.25) is 4.79 Å². The number of thioether (sulfide) groups is 1. The monoisotopic (exact) mass is 252 g/mol. The van der Waals surface area contributed by atoms with Crippen molar-refractivity contribution >= 4 is 29.3 Å². The molecule has 0 saturated heterocycles.